The first-order valence-corrected chi connectivity index (χ1v) is 7.02. The van der Waals surface area contributed by atoms with Crippen molar-refractivity contribution in [1.82, 2.24) is 15.0 Å². The lowest BCUT2D eigenvalue weighted by Gasteiger charge is -2.13. The van der Waals surface area contributed by atoms with Gasteiger partial charge in [-0.15, -0.1) is 5.10 Å². The number of methoxy groups -OCH3 is 1. The lowest BCUT2D eigenvalue weighted by molar-refractivity contribution is 0.269. The highest BCUT2D eigenvalue weighted by Gasteiger charge is 2.14. The van der Waals surface area contributed by atoms with Gasteiger partial charge in [-0.1, -0.05) is 31.2 Å². The number of nitrogens with zero attached hydrogens (tertiary/aromatic N) is 3. The van der Waals surface area contributed by atoms with Crippen molar-refractivity contribution in [2.24, 2.45) is 11.7 Å². The van der Waals surface area contributed by atoms with E-state index in [2.05, 4.69) is 24.2 Å². The topological polar surface area (TPSA) is 75.2 Å². The van der Waals surface area contributed by atoms with Crippen molar-refractivity contribution in [3.05, 3.63) is 35.7 Å². The summed E-state index contributed by atoms with van der Waals surface area (Å²) < 4.78 is 13.0. The quantitative estimate of drug-likeness (QED) is 0.844. The molecule has 114 valence electrons. The molecular formula is C15H22N4O2. The Morgan fingerprint density at radius 1 is 1.24 bits per heavy atom. The average molecular weight is 290 g/mol. The predicted octanol–water partition coefficient (Wildman–Crippen LogP) is 1.98. The SMILES string of the molecule is COc1ccccc1OCc1c(CN)nnn1CC(C)C. The van der Waals surface area contributed by atoms with Crippen molar-refractivity contribution < 1.29 is 9.47 Å². The van der Waals surface area contributed by atoms with Crippen LogP contribution in [0, 0.1) is 5.92 Å². The first kappa shape index (κ1) is 15.3. The second kappa shape index (κ2) is 7.08. The molecule has 2 aromatic rings. The van der Waals surface area contributed by atoms with Gasteiger partial charge < -0.3 is 15.2 Å². The first-order valence-electron chi connectivity index (χ1n) is 7.02. The molecule has 0 spiro atoms. The van der Waals surface area contributed by atoms with E-state index in [0.29, 0.717) is 30.6 Å². The van der Waals surface area contributed by atoms with Crippen LogP contribution in [0.15, 0.2) is 24.3 Å². The number of benzene rings is 1. The summed E-state index contributed by atoms with van der Waals surface area (Å²) in [6, 6.07) is 7.55. The zero-order chi connectivity index (χ0) is 15.2. The third-order valence-corrected chi connectivity index (χ3v) is 3.08. The summed E-state index contributed by atoms with van der Waals surface area (Å²) in [5.74, 6) is 1.87. The first-order chi connectivity index (χ1) is 10.2. The van der Waals surface area contributed by atoms with Gasteiger partial charge in [0.15, 0.2) is 11.5 Å². The Balaban J connectivity index is 2.16. The summed E-state index contributed by atoms with van der Waals surface area (Å²) in [5.41, 5.74) is 7.41. The minimum absolute atomic E-state index is 0.350. The molecule has 0 bridgehead atoms. The van der Waals surface area contributed by atoms with Gasteiger partial charge in [0.25, 0.3) is 0 Å². The minimum atomic E-state index is 0.350. The Kier molecular flexibility index (Phi) is 5.16. The largest absolute Gasteiger partial charge is 0.493 e. The standard InChI is InChI=1S/C15H22N4O2/c1-11(2)9-19-13(12(8-16)17-18-19)10-21-15-7-5-4-6-14(15)20-3/h4-7,11H,8-10,16H2,1-3H3. The monoisotopic (exact) mass is 290 g/mol. The van der Waals surface area contributed by atoms with Crippen LogP contribution in [0.1, 0.15) is 25.2 Å². The molecule has 0 saturated carbocycles. The molecule has 0 atom stereocenters. The van der Waals surface area contributed by atoms with E-state index in [4.69, 9.17) is 15.2 Å². The van der Waals surface area contributed by atoms with Gasteiger partial charge in [-0.25, -0.2) is 4.68 Å². The van der Waals surface area contributed by atoms with E-state index >= 15 is 0 Å². The van der Waals surface area contributed by atoms with Crippen LogP contribution in [0.5, 0.6) is 11.5 Å². The number of ether oxygens (including phenoxy) is 2. The average Bonchev–Trinajstić information content (AvgIpc) is 2.86. The van der Waals surface area contributed by atoms with Gasteiger partial charge in [-0.3, -0.25) is 0 Å². The molecule has 0 radical (unpaired) electrons. The molecule has 6 heteroatoms. The molecule has 2 rings (SSSR count). The van der Waals surface area contributed by atoms with Crippen molar-refractivity contribution in [3.8, 4) is 11.5 Å². The van der Waals surface area contributed by atoms with Crippen LogP contribution < -0.4 is 15.2 Å². The van der Waals surface area contributed by atoms with Crippen LogP contribution in [-0.4, -0.2) is 22.1 Å². The summed E-state index contributed by atoms with van der Waals surface area (Å²) in [7, 11) is 1.62. The maximum absolute atomic E-state index is 5.86. The van der Waals surface area contributed by atoms with Crippen LogP contribution in [-0.2, 0) is 19.7 Å². The van der Waals surface area contributed by atoms with Crippen molar-refractivity contribution in [3.63, 3.8) is 0 Å². The van der Waals surface area contributed by atoms with Gasteiger partial charge in [0, 0.05) is 13.1 Å². The van der Waals surface area contributed by atoms with Crippen molar-refractivity contribution in [2.75, 3.05) is 7.11 Å². The molecule has 2 N–H and O–H groups in total. The second-order valence-electron chi connectivity index (χ2n) is 5.20. The van der Waals surface area contributed by atoms with Crippen molar-refractivity contribution >= 4 is 0 Å². The number of rotatable bonds is 7. The van der Waals surface area contributed by atoms with E-state index in [1.807, 2.05) is 28.9 Å². The van der Waals surface area contributed by atoms with Crippen LogP contribution in [0.3, 0.4) is 0 Å². The zero-order valence-electron chi connectivity index (χ0n) is 12.7. The number of hydrogen-bond acceptors (Lipinski definition) is 5. The molecule has 0 unspecified atom stereocenters. The molecular weight excluding hydrogens is 268 g/mol. The van der Waals surface area contributed by atoms with Crippen LogP contribution >= 0.6 is 0 Å². The van der Waals surface area contributed by atoms with Gasteiger partial charge in [0.1, 0.15) is 18.0 Å². The molecule has 0 aliphatic carbocycles. The van der Waals surface area contributed by atoms with Gasteiger partial charge in [0.05, 0.1) is 7.11 Å². The maximum atomic E-state index is 5.86. The molecule has 6 nitrogen and oxygen atoms in total. The van der Waals surface area contributed by atoms with Crippen LogP contribution in [0.25, 0.3) is 0 Å². The Morgan fingerprint density at radius 3 is 2.57 bits per heavy atom. The lowest BCUT2D eigenvalue weighted by atomic mass is 10.2. The summed E-state index contributed by atoms with van der Waals surface area (Å²) in [6.45, 7) is 5.77. The zero-order valence-corrected chi connectivity index (χ0v) is 12.7. The molecule has 0 amide bonds. The molecule has 0 saturated heterocycles. The van der Waals surface area contributed by atoms with E-state index in [-0.39, 0.29) is 0 Å². The van der Waals surface area contributed by atoms with Crippen LogP contribution in [0.4, 0.5) is 0 Å². The normalized spacial score (nSPS) is 10.9. The Labute approximate surface area is 124 Å². The van der Waals surface area contributed by atoms with E-state index in [0.717, 1.165) is 17.9 Å². The van der Waals surface area contributed by atoms with Gasteiger partial charge >= 0.3 is 0 Å². The van der Waals surface area contributed by atoms with Gasteiger partial charge in [-0.05, 0) is 18.1 Å². The highest BCUT2D eigenvalue weighted by molar-refractivity contribution is 5.39. The second-order valence-corrected chi connectivity index (χ2v) is 5.20. The molecule has 0 fully saturated rings. The van der Waals surface area contributed by atoms with E-state index < -0.39 is 0 Å². The fourth-order valence-corrected chi connectivity index (χ4v) is 2.06. The van der Waals surface area contributed by atoms with Gasteiger partial charge in [0.2, 0.25) is 0 Å². The molecule has 21 heavy (non-hydrogen) atoms. The maximum Gasteiger partial charge on any atom is 0.161 e. The number of hydrogen-bond donors (Lipinski definition) is 1. The third-order valence-electron chi connectivity index (χ3n) is 3.08. The number of nitrogens with two attached hydrogens (primary N) is 1. The van der Waals surface area contributed by atoms with Crippen LogP contribution in [0.2, 0.25) is 0 Å². The summed E-state index contributed by atoms with van der Waals surface area (Å²) in [6.07, 6.45) is 0. The molecule has 1 aromatic heterocycles. The Bertz CT molecular complexity index is 581. The number of para-hydroxylation sites is 2. The summed E-state index contributed by atoms with van der Waals surface area (Å²) in [5, 5.41) is 8.28. The van der Waals surface area contributed by atoms with E-state index in [1.165, 1.54) is 0 Å². The highest BCUT2D eigenvalue weighted by atomic mass is 16.5. The molecule has 0 aliphatic rings. The molecule has 1 heterocycles. The molecule has 0 aliphatic heterocycles. The highest BCUT2D eigenvalue weighted by Crippen LogP contribution is 2.26. The fourth-order valence-electron chi connectivity index (χ4n) is 2.06. The van der Waals surface area contributed by atoms with Crippen molar-refractivity contribution in [2.45, 2.75) is 33.5 Å². The van der Waals surface area contributed by atoms with Crippen molar-refractivity contribution in [1.29, 1.82) is 0 Å². The third kappa shape index (κ3) is 3.72. The lowest BCUT2D eigenvalue weighted by Crippen LogP contribution is -2.13. The smallest absolute Gasteiger partial charge is 0.161 e. The molecule has 1 aromatic carbocycles. The van der Waals surface area contributed by atoms with Gasteiger partial charge in [-0.2, -0.15) is 0 Å². The number of aromatic nitrogens is 3. The minimum Gasteiger partial charge on any atom is -0.493 e. The van der Waals surface area contributed by atoms with E-state index in [9.17, 15) is 0 Å². The summed E-state index contributed by atoms with van der Waals surface area (Å²) >= 11 is 0. The Hall–Kier alpha value is -2.08. The van der Waals surface area contributed by atoms with E-state index in [1.54, 1.807) is 7.11 Å². The predicted molar refractivity (Wildman–Crippen MR) is 80.1 cm³/mol. The Morgan fingerprint density at radius 2 is 1.95 bits per heavy atom. The summed E-state index contributed by atoms with van der Waals surface area (Å²) in [4.78, 5) is 0. The fraction of sp³-hybridized carbons (Fsp3) is 0.467.